The quantitative estimate of drug-likeness (QED) is 0.194. The maximum atomic E-state index is 14.0. The highest BCUT2D eigenvalue weighted by Crippen LogP contribution is 2.54. The van der Waals surface area contributed by atoms with Gasteiger partial charge in [0.05, 0.1) is 35.9 Å². The number of halogens is 1. The number of carbonyl (C=O) groups excluding carboxylic acids is 4. The van der Waals surface area contributed by atoms with E-state index in [1.54, 1.807) is 74.7 Å². The Bertz CT molecular complexity index is 1850. The van der Waals surface area contributed by atoms with Gasteiger partial charge in [0.25, 0.3) is 0 Å². The van der Waals surface area contributed by atoms with E-state index >= 15 is 0 Å². The molecular weight excluding hydrogens is 682 g/mol. The van der Waals surface area contributed by atoms with Crippen LogP contribution in [-0.4, -0.2) is 47.2 Å². The van der Waals surface area contributed by atoms with Gasteiger partial charge in [-0.15, -0.1) is 0 Å². The Kier molecular flexibility index (Phi) is 8.67. The Hall–Kier alpha value is -4.20. The monoisotopic (exact) mass is 707 g/mol. The topological polar surface area (TPSA) is 124 Å². The van der Waals surface area contributed by atoms with Crippen LogP contribution in [0.3, 0.4) is 0 Å². The van der Waals surface area contributed by atoms with Gasteiger partial charge in [-0.25, -0.2) is 9.69 Å². The summed E-state index contributed by atoms with van der Waals surface area (Å²) in [5.74, 6) is -2.37. The molecular formula is C32H26BrN3O7S2. The molecule has 1 saturated heterocycles. The summed E-state index contributed by atoms with van der Waals surface area (Å²) >= 11 is 5.52. The summed E-state index contributed by atoms with van der Waals surface area (Å²) < 4.78 is 12.5. The van der Waals surface area contributed by atoms with E-state index in [1.165, 1.54) is 9.47 Å². The van der Waals surface area contributed by atoms with E-state index in [1.807, 2.05) is 12.1 Å². The molecule has 0 radical (unpaired) electrons. The van der Waals surface area contributed by atoms with E-state index in [9.17, 15) is 24.0 Å². The number of carbonyl (C=O) groups is 4. The van der Waals surface area contributed by atoms with Crippen molar-refractivity contribution in [1.29, 1.82) is 0 Å². The highest BCUT2D eigenvalue weighted by atomic mass is 79.9. The van der Waals surface area contributed by atoms with Gasteiger partial charge in [0.1, 0.15) is 17.5 Å². The molecule has 2 unspecified atom stereocenters. The normalized spacial score (nSPS) is 18.7. The number of thioether (sulfide) groups is 1. The zero-order valence-electron chi connectivity index (χ0n) is 24.0. The molecule has 45 heavy (non-hydrogen) atoms. The molecule has 1 fully saturated rings. The van der Waals surface area contributed by atoms with Crippen LogP contribution in [0.1, 0.15) is 33.6 Å². The van der Waals surface area contributed by atoms with Crippen molar-refractivity contribution in [3.63, 3.8) is 0 Å². The minimum absolute atomic E-state index is 0.248. The van der Waals surface area contributed by atoms with Crippen LogP contribution >= 0.6 is 39.0 Å². The Morgan fingerprint density at radius 2 is 1.62 bits per heavy atom. The van der Waals surface area contributed by atoms with Gasteiger partial charge in [0.15, 0.2) is 0 Å². The average molecular weight is 709 g/mol. The van der Waals surface area contributed by atoms with Gasteiger partial charge in [0.2, 0.25) is 17.7 Å². The lowest BCUT2D eigenvalue weighted by atomic mass is 9.83. The first-order chi connectivity index (χ1) is 21.7. The van der Waals surface area contributed by atoms with E-state index in [0.717, 1.165) is 33.1 Å². The van der Waals surface area contributed by atoms with Crippen LogP contribution in [0, 0.1) is 5.92 Å². The van der Waals surface area contributed by atoms with Crippen LogP contribution in [0.25, 0.3) is 0 Å². The van der Waals surface area contributed by atoms with E-state index in [-0.39, 0.29) is 29.8 Å². The predicted molar refractivity (Wildman–Crippen MR) is 174 cm³/mol. The van der Waals surface area contributed by atoms with E-state index in [2.05, 4.69) is 21.2 Å². The lowest BCUT2D eigenvalue weighted by molar-refractivity contribution is -0.122. The van der Waals surface area contributed by atoms with Gasteiger partial charge < -0.3 is 14.8 Å². The SMILES string of the molecule is CCOC(=O)c1ccc(NC(=O)Cn2c3c(sc2=O)[C@@H](c2ccc(OC)cc2)C2C(=O)N(c4ccc(Br)cc4)C(=O)C2S3)cc1. The second-order valence-corrected chi connectivity index (χ2v) is 13.3. The molecule has 230 valence electrons. The molecule has 0 spiro atoms. The predicted octanol–water partition coefficient (Wildman–Crippen LogP) is 5.29. The fourth-order valence-electron chi connectivity index (χ4n) is 5.52. The maximum absolute atomic E-state index is 14.0. The number of esters is 1. The molecule has 2 aliphatic rings. The molecule has 2 aliphatic heterocycles. The van der Waals surface area contributed by atoms with Gasteiger partial charge in [0, 0.05) is 21.0 Å². The van der Waals surface area contributed by atoms with Gasteiger partial charge in [-0.2, -0.15) is 0 Å². The number of amides is 3. The van der Waals surface area contributed by atoms with Crippen LogP contribution < -0.4 is 19.8 Å². The first-order valence-corrected chi connectivity index (χ1v) is 16.4. The average Bonchev–Trinajstić information content (AvgIpc) is 3.48. The first kappa shape index (κ1) is 30.8. The summed E-state index contributed by atoms with van der Waals surface area (Å²) in [7, 11) is 1.56. The molecule has 1 N–H and O–H groups in total. The largest absolute Gasteiger partial charge is 0.497 e. The number of nitrogens with one attached hydrogen (secondary N) is 1. The van der Waals surface area contributed by atoms with Gasteiger partial charge in [-0.3, -0.25) is 23.7 Å². The summed E-state index contributed by atoms with van der Waals surface area (Å²) in [5.41, 5.74) is 2.01. The van der Waals surface area contributed by atoms with Gasteiger partial charge in [-0.1, -0.05) is 51.2 Å². The highest BCUT2D eigenvalue weighted by molar-refractivity contribution is 9.10. The standard InChI is InChI=1S/C32H26BrN3O7S2/c1-3-43-31(40)18-4-10-20(11-5-18)34-23(37)16-35-30-27(45-32(35)41)24(17-6-14-22(42-2)15-7-17)25-26(44-30)29(39)36(28(25)38)21-12-8-19(33)9-13-21/h4-15,24-26H,3,16H2,1-2H3,(H,34,37)/t24-,25?,26?/m0/s1. The fraction of sp³-hybridized carbons (Fsp3) is 0.219. The lowest BCUT2D eigenvalue weighted by Crippen LogP contribution is -2.33. The molecule has 0 aliphatic carbocycles. The van der Waals surface area contributed by atoms with E-state index in [4.69, 9.17) is 9.47 Å². The molecule has 3 atom stereocenters. The number of hydrogen-bond donors (Lipinski definition) is 1. The molecule has 13 heteroatoms. The Morgan fingerprint density at radius 3 is 2.27 bits per heavy atom. The number of rotatable bonds is 8. The minimum atomic E-state index is -0.806. The van der Waals surface area contributed by atoms with Crippen molar-refractivity contribution >= 4 is 74.1 Å². The number of aromatic nitrogens is 1. The minimum Gasteiger partial charge on any atom is -0.497 e. The smallest absolute Gasteiger partial charge is 0.338 e. The number of hydrogen-bond acceptors (Lipinski definition) is 9. The Balaban J connectivity index is 1.34. The number of ether oxygens (including phenoxy) is 2. The number of nitrogens with zero attached hydrogens (tertiary/aromatic N) is 2. The number of anilines is 2. The fourth-order valence-corrected chi connectivity index (χ4v) is 8.56. The van der Waals surface area contributed by atoms with E-state index in [0.29, 0.717) is 32.6 Å². The third-order valence-corrected chi connectivity index (χ3v) is 10.7. The summed E-state index contributed by atoms with van der Waals surface area (Å²) in [4.78, 5) is 67.9. The van der Waals surface area contributed by atoms with Crippen LogP contribution in [0.4, 0.5) is 11.4 Å². The van der Waals surface area contributed by atoms with Crippen molar-refractivity contribution in [1.82, 2.24) is 4.57 Å². The lowest BCUT2D eigenvalue weighted by Gasteiger charge is -2.30. The number of fused-ring (bicyclic) bond motifs is 2. The molecule has 4 aromatic rings. The molecule has 10 nitrogen and oxygen atoms in total. The number of benzene rings is 3. The van der Waals surface area contributed by atoms with Crippen LogP contribution in [-0.2, 0) is 25.7 Å². The number of methoxy groups -OCH3 is 1. The second kappa shape index (κ2) is 12.7. The van der Waals surface area contributed by atoms with Gasteiger partial charge in [-0.05, 0) is 73.2 Å². The van der Waals surface area contributed by atoms with Crippen LogP contribution in [0.15, 0.2) is 87.1 Å². The second-order valence-electron chi connectivity index (χ2n) is 10.3. The molecule has 3 heterocycles. The molecule has 3 amide bonds. The number of thiazole rings is 1. The number of imide groups is 1. The summed E-state index contributed by atoms with van der Waals surface area (Å²) in [6.45, 7) is 1.66. The highest BCUT2D eigenvalue weighted by Gasteiger charge is 2.56. The van der Waals surface area contributed by atoms with Crippen LogP contribution in [0.2, 0.25) is 0 Å². The molecule has 3 aromatic carbocycles. The van der Waals surface area contributed by atoms with Gasteiger partial charge >= 0.3 is 10.8 Å². The van der Waals surface area contributed by atoms with Crippen molar-refractivity contribution in [2.45, 2.75) is 29.7 Å². The molecule has 0 bridgehead atoms. The zero-order valence-corrected chi connectivity index (χ0v) is 27.2. The third-order valence-electron chi connectivity index (χ3n) is 7.59. The first-order valence-electron chi connectivity index (χ1n) is 13.9. The summed E-state index contributed by atoms with van der Waals surface area (Å²) in [6.07, 6.45) is 0. The maximum Gasteiger partial charge on any atom is 0.338 e. The van der Waals surface area contributed by atoms with Crippen molar-refractivity contribution in [3.8, 4) is 5.75 Å². The summed E-state index contributed by atoms with van der Waals surface area (Å²) in [6, 6.07) is 20.4. The summed E-state index contributed by atoms with van der Waals surface area (Å²) in [5, 5.41) is 2.44. The van der Waals surface area contributed by atoms with Crippen molar-refractivity contribution < 1.29 is 28.7 Å². The van der Waals surface area contributed by atoms with Crippen LogP contribution in [0.5, 0.6) is 5.75 Å². The zero-order chi connectivity index (χ0) is 31.8. The third kappa shape index (κ3) is 5.83. The Labute approximate surface area is 274 Å². The molecule has 1 aromatic heterocycles. The van der Waals surface area contributed by atoms with Crippen molar-refractivity contribution in [3.05, 3.63) is 103 Å². The molecule has 6 rings (SSSR count). The Morgan fingerprint density at radius 1 is 0.933 bits per heavy atom. The van der Waals surface area contributed by atoms with Crippen molar-refractivity contribution in [2.24, 2.45) is 5.92 Å². The van der Waals surface area contributed by atoms with E-state index < -0.39 is 29.0 Å². The molecule has 0 saturated carbocycles. The van der Waals surface area contributed by atoms with Crippen molar-refractivity contribution in [2.75, 3.05) is 23.9 Å².